The van der Waals surface area contributed by atoms with Crippen LogP contribution in [0.2, 0.25) is 0 Å². The standard InChI is InChI=1S/C18H28O3/c1-2-3-10-13-16-17(21-16)14-11-8-6-4-5-7-9-12-15-18(19)20/h3,8,10-11,14,16H,2,4-7,9,12-13,15H2,1H3,(H,19,20)/b10-3-,11-8-,17-14-/t16-/m0/s1. The highest BCUT2D eigenvalue weighted by Gasteiger charge is 2.29. The van der Waals surface area contributed by atoms with Crippen LogP contribution < -0.4 is 0 Å². The Hall–Kier alpha value is -1.51. The molecule has 1 heterocycles. The first-order valence-electron chi connectivity index (χ1n) is 8.14. The zero-order chi connectivity index (χ0) is 15.3. The van der Waals surface area contributed by atoms with Gasteiger partial charge in [-0.05, 0) is 31.8 Å². The Labute approximate surface area is 128 Å². The minimum Gasteiger partial charge on any atom is -0.483 e. The summed E-state index contributed by atoms with van der Waals surface area (Å²) in [6.07, 6.45) is 19.8. The Balaban J connectivity index is 1.92. The van der Waals surface area contributed by atoms with Crippen molar-refractivity contribution in [1.29, 1.82) is 0 Å². The Morgan fingerprint density at radius 3 is 2.67 bits per heavy atom. The largest absolute Gasteiger partial charge is 0.483 e. The number of carbonyl (C=O) groups is 1. The summed E-state index contributed by atoms with van der Waals surface area (Å²) >= 11 is 0. The smallest absolute Gasteiger partial charge is 0.303 e. The molecule has 0 aliphatic carbocycles. The molecule has 1 aliphatic heterocycles. The number of carboxylic acids is 1. The van der Waals surface area contributed by atoms with E-state index in [0.29, 0.717) is 12.5 Å². The molecule has 1 rings (SSSR count). The molecule has 0 amide bonds. The lowest BCUT2D eigenvalue weighted by Gasteiger charge is -1.97. The number of ether oxygens (including phenoxy) is 1. The molecule has 118 valence electrons. The van der Waals surface area contributed by atoms with Crippen LogP contribution in [0.25, 0.3) is 0 Å². The van der Waals surface area contributed by atoms with Crippen molar-refractivity contribution in [3.8, 4) is 0 Å². The Bertz CT molecular complexity index is 380. The molecule has 3 nitrogen and oxygen atoms in total. The fraction of sp³-hybridized carbons (Fsp3) is 0.611. The number of hydrogen-bond donors (Lipinski definition) is 1. The van der Waals surface area contributed by atoms with Crippen LogP contribution in [-0.4, -0.2) is 17.2 Å². The summed E-state index contributed by atoms with van der Waals surface area (Å²) in [4.78, 5) is 10.3. The maximum absolute atomic E-state index is 10.3. The first-order chi connectivity index (χ1) is 10.2. The number of epoxide rings is 1. The van der Waals surface area contributed by atoms with Crippen molar-refractivity contribution in [2.45, 2.75) is 70.8 Å². The van der Waals surface area contributed by atoms with Gasteiger partial charge in [-0.25, -0.2) is 0 Å². The maximum atomic E-state index is 10.3. The molecule has 1 aliphatic rings. The lowest BCUT2D eigenvalue weighted by atomic mass is 10.1. The van der Waals surface area contributed by atoms with Crippen molar-refractivity contribution >= 4 is 5.97 Å². The second-order valence-corrected chi connectivity index (χ2v) is 5.42. The summed E-state index contributed by atoms with van der Waals surface area (Å²) in [5.74, 6) is 0.414. The third-order valence-electron chi connectivity index (χ3n) is 3.45. The van der Waals surface area contributed by atoms with Crippen molar-refractivity contribution < 1.29 is 14.6 Å². The van der Waals surface area contributed by atoms with Crippen LogP contribution in [0, 0.1) is 0 Å². The van der Waals surface area contributed by atoms with E-state index in [0.717, 1.165) is 44.3 Å². The topological polar surface area (TPSA) is 49.8 Å². The van der Waals surface area contributed by atoms with E-state index in [1.807, 2.05) is 0 Å². The van der Waals surface area contributed by atoms with E-state index in [-0.39, 0.29) is 0 Å². The zero-order valence-electron chi connectivity index (χ0n) is 13.1. The molecule has 1 fully saturated rings. The molecule has 21 heavy (non-hydrogen) atoms. The van der Waals surface area contributed by atoms with Crippen LogP contribution >= 0.6 is 0 Å². The number of carboxylic acid groups (broad SMARTS) is 1. The van der Waals surface area contributed by atoms with Gasteiger partial charge in [-0.15, -0.1) is 0 Å². The van der Waals surface area contributed by atoms with Crippen LogP contribution in [-0.2, 0) is 9.53 Å². The number of unbranched alkanes of at least 4 members (excludes halogenated alkanes) is 5. The van der Waals surface area contributed by atoms with Crippen molar-refractivity contribution in [2.75, 3.05) is 0 Å². The quantitative estimate of drug-likeness (QED) is 0.313. The molecule has 0 aromatic carbocycles. The average Bonchev–Trinajstić information content (AvgIpc) is 3.19. The molecular formula is C18H28O3. The van der Waals surface area contributed by atoms with Gasteiger partial charge in [0.25, 0.3) is 0 Å². The summed E-state index contributed by atoms with van der Waals surface area (Å²) in [6.45, 7) is 2.13. The van der Waals surface area contributed by atoms with E-state index in [9.17, 15) is 4.79 Å². The van der Waals surface area contributed by atoms with E-state index < -0.39 is 5.97 Å². The summed E-state index contributed by atoms with van der Waals surface area (Å²) in [7, 11) is 0. The minimum absolute atomic E-state index is 0.308. The summed E-state index contributed by atoms with van der Waals surface area (Å²) < 4.78 is 5.47. The van der Waals surface area contributed by atoms with Gasteiger partial charge in [0.05, 0.1) is 0 Å². The Morgan fingerprint density at radius 1 is 1.14 bits per heavy atom. The maximum Gasteiger partial charge on any atom is 0.303 e. The van der Waals surface area contributed by atoms with Crippen LogP contribution in [0.3, 0.4) is 0 Å². The van der Waals surface area contributed by atoms with Gasteiger partial charge in [-0.3, -0.25) is 4.79 Å². The fourth-order valence-electron chi connectivity index (χ4n) is 2.16. The molecule has 0 radical (unpaired) electrons. The second-order valence-electron chi connectivity index (χ2n) is 5.42. The lowest BCUT2D eigenvalue weighted by molar-refractivity contribution is -0.137. The third kappa shape index (κ3) is 9.94. The summed E-state index contributed by atoms with van der Waals surface area (Å²) in [5, 5.41) is 8.51. The van der Waals surface area contributed by atoms with E-state index in [4.69, 9.17) is 9.84 Å². The normalized spacial score (nSPS) is 19.5. The van der Waals surface area contributed by atoms with Crippen molar-refractivity contribution in [3.63, 3.8) is 0 Å². The van der Waals surface area contributed by atoms with Gasteiger partial charge in [0.15, 0.2) is 6.10 Å². The minimum atomic E-state index is -0.684. The van der Waals surface area contributed by atoms with Gasteiger partial charge in [-0.1, -0.05) is 50.5 Å². The highest BCUT2D eigenvalue weighted by atomic mass is 16.6. The van der Waals surface area contributed by atoms with Gasteiger partial charge in [0.2, 0.25) is 0 Å². The fourth-order valence-corrected chi connectivity index (χ4v) is 2.16. The van der Waals surface area contributed by atoms with Gasteiger partial charge in [-0.2, -0.15) is 0 Å². The van der Waals surface area contributed by atoms with Crippen LogP contribution in [0.5, 0.6) is 0 Å². The van der Waals surface area contributed by atoms with Gasteiger partial charge in [0.1, 0.15) is 5.76 Å². The molecule has 1 atom stereocenters. The van der Waals surface area contributed by atoms with Gasteiger partial charge in [0, 0.05) is 12.8 Å². The molecular weight excluding hydrogens is 264 g/mol. The average molecular weight is 292 g/mol. The summed E-state index contributed by atoms with van der Waals surface area (Å²) in [6, 6.07) is 0. The van der Waals surface area contributed by atoms with Crippen LogP contribution in [0.1, 0.15) is 64.7 Å². The first kappa shape index (κ1) is 17.5. The third-order valence-corrected chi connectivity index (χ3v) is 3.45. The monoisotopic (exact) mass is 292 g/mol. The molecule has 0 aromatic rings. The molecule has 0 bridgehead atoms. The number of rotatable bonds is 12. The highest BCUT2D eigenvalue weighted by Crippen LogP contribution is 2.30. The SMILES string of the molecule is CC/C=C\C[C@@H]1O/C1=C\C=C/CCCCCCCC(=O)O. The van der Waals surface area contributed by atoms with Crippen LogP contribution in [0.15, 0.2) is 36.1 Å². The van der Waals surface area contributed by atoms with Crippen molar-refractivity contribution in [2.24, 2.45) is 0 Å². The van der Waals surface area contributed by atoms with E-state index in [1.165, 1.54) is 12.8 Å². The van der Waals surface area contributed by atoms with Crippen molar-refractivity contribution in [3.05, 3.63) is 36.1 Å². The van der Waals surface area contributed by atoms with E-state index >= 15 is 0 Å². The lowest BCUT2D eigenvalue weighted by Crippen LogP contribution is -1.93. The first-order valence-corrected chi connectivity index (χ1v) is 8.14. The molecule has 1 N–H and O–H groups in total. The number of allylic oxidation sites excluding steroid dienone is 4. The highest BCUT2D eigenvalue weighted by molar-refractivity contribution is 5.66. The molecule has 0 spiro atoms. The van der Waals surface area contributed by atoms with Gasteiger partial charge < -0.3 is 9.84 Å². The molecule has 3 heteroatoms. The zero-order valence-corrected chi connectivity index (χ0v) is 13.1. The van der Waals surface area contributed by atoms with Gasteiger partial charge >= 0.3 is 5.97 Å². The summed E-state index contributed by atoms with van der Waals surface area (Å²) in [5.41, 5.74) is 0. The molecule has 1 saturated heterocycles. The van der Waals surface area contributed by atoms with Crippen molar-refractivity contribution in [1.82, 2.24) is 0 Å². The predicted molar refractivity (Wildman–Crippen MR) is 86.1 cm³/mol. The number of hydrogen-bond acceptors (Lipinski definition) is 2. The molecule has 0 unspecified atom stereocenters. The Kier molecular flexibility index (Phi) is 9.34. The molecule has 0 saturated carbocycles. The second kappa shape index (κ2) is 11.2. The predicted octanol–water partition coefficient (Wildman–Crippen LogP) is 5.00. The van der Waals surface area contributed by atoms with E-state index in [2.05, 4.69) is 37.3 Å². The Morgan fingerprint density at radius 2 is 1.90 bits per heavy atom. The number of aliphatic carboxylic acids is 1. The van der Waals surface area contributed by atoms with Crippen LogP contribution in [0.4, 0.5) is 0 Å². The molecule has 0 aromatic heterocycles. The van der Waals surface area contributed by atoms with E-state index in [1.54, 1.807) is 0 Å².